The number of nitrogens with one attached hydrogen (secondary N) is 1. The van der Waals surface area contributed by atoms with E-state index in [2.05, 4.69) is 74.0 Å². The van der Waals surface area contributed by atoms with Crippen molar-refractivity contribution in [2.75, 3.05) is 0 Å². The first-order valence-electron chi connectivity index (χ1n) is 7.91. The molecular formula is C18H27N3. The molecule has 1 heterocycles. The predicted octanol–water partition coefficient (Wildman–Crippen LogP) is 3.93. The molecule has 0 bridgehead atoms. The van der Waals surface area contributed by atoms with Crippen molar-refractivity contribution in [2.45, 2.75) is 60.2 Å². The molecule has 1 atom stereocenters. The minimum atomic E-state index is 0.316. The van der Waals surface area contributed by atoms with Crippen LogP contribution in [0.3, 0.4) is 0 Å². The van der Waals surface area contributed by atoms with Crippen molar-refractivity contribution in [3.8, 4) is 0 Å². The monoisotopic (exact) mass is 285 g/mol. The number of aromatic nitrogens is 2. The predicted molar refractivity (Wildman–Crippen MR) is 88.4 cm³/mol. The Kier molecular flexibility index (Phi) is 5.18. The Morgan fingerprint density at radius 3 is 2.24 bits per heavy atom. The molecule has 1 N–H and O–H groups in total. The Morgan fingerprint density at radius 1 is 1.10 bits per heavy atom. The summed E-state index contributed by atoms with van der Waals surface area (Å²) >= 11 is 0. The van der Waals surface area contributed by atoms with Crippen LogP contribution in [0.4, 0.5) is 0 Å². The summed E-state index contributed by atoms with van der Waals surface area (Å²) in [6, 6.07) is 9.18. The zero-order valence-corrected chi connectivity index (χ0v) is 13.9. The zero-order chi connectivity index (χ0) is 15.4. The fourth-order valence-electron chi connectivity index (χ4n) is 2.91. The summed E-state index contributed by atoms with van der Waals surface area (Å²) in [5, 5.41) is 8.22. The maximum Gasteiger partial charge on any atom is 0.0644 e. The van der Waals surface area contributed by atoms with Gasteiger partial charge in [-0.1, -0.05) is 31.2 Å². The maximum atomic E-state index is 4.60. The first-order chi connectivity index (χ1) is 10.1. The number of hydrogen-bond donors (Lipinski definition) is 1. The van der Waals surface area contributed by atoms with Crippen molar-refractivity contribution < 1.29 is 0 Å². The summed E-state index contributed by atoms with van der Waals surface area (Å²) in [5.41, 5.74) is 6.47. The van der Waals surface area contributed by atoms with E-state index in [0.717, 1.165) is 25.2 Å². The molecule has 0 saturated heterocycles. The lowest BCUT2D eigenvalue weighted by atomic mass is 10.1. The highest BCUT2D eigenvalue weighted by Crippen LogP contribution is 2.21. The number of nitrogens with zero attached hydrogens (tertiary/aromatic N) is 2. The van der Waals surface area contributed by atoms with Gasteiger partial charge in [0.05, 0.1) is 5.69 Å². The fraction of sp³-hybridized carbons (Fsp3) is 0.500. The van der Waals surface area contributed by atoms with E-state index in [4.69, 9.17) is 0 Å². The second kappa shape index (κ2) is 6.90. The third-order valence-electron chi connectivity index (χ3n) is 4.21. The molecule has 0 amide bonds. The van der Waals surface area contributed by atoms with Crippen molar-refractivity contribution in [1.82, 2.24) is 15.1 Å². The van der Waals surface area contributed by atoms with Crippen LogP contribution in [0.5, 0.6) is 0 Å². The topological polar surface area (TPSA) is 29.9 Å². The van der Waals surface area contributed by atoms with Gasteiger partial charge in [0, 0.05) is 30.4 Å². The van der Waals surface area contributed by atoms with Gasteiger partial charge in [0.1, 0.15) is 0 Å². The molecule has 114 valence electrons. The Morgan fingerprint density at radius 2 is 1.71 bits per heavy atom. The number of benzene rings is 1. The summed E-state index contributed by atoms with van der Waals surface area (Å²) in [6.07, 6.45) is 1.10. The van der Waals surface area contributed by atoms with E-state index < -0.39 is 0 Å². The number of aryl methyl sites for hydroxylation is 3. The van der Waals surface area contributed by atoms with Crippen LogP contribution in [0.2, 0.25) is 0 Å². The average molecular weight is 285 g/mol. The van der Waals surface area contributed by atoms with Gasteiger partial charge in [0.2, 0.25) is 0 Å². The van der Waals surface area contributed by atoms with E-state index >= 15 is 0 Å². The lowest BCUT2D eigenvalue weighted by Crippen LogP contribution is -2.19. The summed E-state index contributed by atoms with van der Waals surface area (Å²) < 4.78 is 2.08. The third kappa shape index (κ3) is 3.53. The molecule has 1 aromatic carbocycles. The molecule has 0 aliphatic heterocycles. The second-order valence-electron chi connectivity index (χ2n) is 5.67. The lowest BCUT2D eigenvalue weighted by molar-refractivity contribution is 0.566. The standard InChI is InChI=1S/C18H27N3/c1-6-16-8-10-17(11-9-16)12-19-13(3)18-14(4)20-21(7-2)15(18)5/h8-11,13,19H,6-7,12H2,1-5H3. The first-order valence-corrected chi connectivity index (χ1v) is 7.91. The van der Waals surface area contributed by atoms with E-state index in [1.54, 1.807) is 0 Å². The smallest absolute Gasteiger partial charge is 0.0644 e. The molecule has 3 nitrogen and oxygen atoms in total. The number of rotatable bonds is 6. The van der Waals surface area contributed by atoms with Crippen LogP contribution >= 0.6 is 0 Å². The van der Waals surface area contributed by atoms with Crippen LogP contribution in [0.15, 0.2) is 24.3 Å². The van der Waals surface area contributed by atoms with Crippen molar-refractivity contribution in [2.24, 2.45) is 0 Å². The fourth-order valence-corrected chi connectivity index (χ4v) is 2.91. The summed E-state index contributed by atoms with van der Waals surface area (Å²) in [5.74, 6) is 0. The van der Waals surface area contributed by atoms with Crippen molar-refractivity contribution in [1.29, 1.82) is 0 Å². The molecule has 2 rings (SSSR count). The Labute approximate surface area is 128 Å². The largest absolute Gasteiger partial charge is 0.306 e. The Balaban J connectivity index is 2.04. The Bertz CT molecular complexity index is 581. The SMILES string of the molecule is CCc1ccc(CNC(C)c2c(C)nn(CC)c2C)cc1. The summed E-state index contributed by atoms with van der Waals surface area (Å²) in [4.78, 5) is 0. The highest BCUT2D eigenvalue weighted by molar-refractivity contribution is 5.28. The quantitative estimate of drug-likeness (QED) is 0.871. The van der Waals surface area contributed by atoms with Crippen molar-refractivity contribution in [3.63, 3.8) is 0 Å². The Hall–Kier alpha value is -1.61. The molecule has 2 aromatic rings. The first kappa shape index (κ1) is 15.8. The van der Waals surface area contributed by atoms with Gasteiger partial charge in [0.15, 0.2) is 0 Å². The molecule has 1 unspecified atom stereocenters. The van der Waals surface area contributed by atoms with E-state index in [1.165, 1.54) is 22.4 Å². The van der Waals surface area contributed by atoms with Gasteiger partial charge in [-0.05, 0) is 45.2 Å². The van der Waals surface area contributed by atoms with E-state index in [1.807, 2.05) is 0 Å². The highest BCUT2D eigenvalue weighted by Gasteiger charge is 2.16. The van der Waals surface area contributed by atoms with Crippen LogP contribution in [0.25, 0.3) is 0 Å². The minimum absolute atomic E-state index is 0.316. The van der Waals surface area contributed by atoms with Crippen LogP contribution in [0, 0.1) is 13.8 Å². The second-order valence-corrected chi connectivity index (χ2v) is 5.67. The van der Waals surface area contributed by atoms with Crippen LogP contribution < -0.4 is 5.32 Å². The van der Waals surface area contributed by atoms with Gasteiger partial charge in [-0.25, -0.2) is 0 Å². The molecule has 0 spiro atoms. The van der Waals surface area contributed by atoms with Crippen LogP contribution in [0.1, 0.15) is 54.9 Å². The van der Waals surface area contributed by atoms with E-state index in [9.17, 15) is 0 Å². The van der Waals surface area contributed by atoms with Crippen molar-refractivity contribution in [3.05, 3.63) is 52.3 Å². The number of hydrogen-bond acceptors (Lipinski definition) is 2. The van der Waals surface area contributed by atoms with Gasteiger partial charge in [-0.2, -0.15) is 5.10 Å². The molecule has 1 aromatic heterocycles. The minimum Gasteiger partial charge on any atom is -0.306 e. The van der Waals surface area contributed by atoms with Crippen molar-refractivity contribution >= 4 is 0 Å². The van der Waals surface area contributed by atoms with Gasteiger partial charge in [0.25, 0.3) is 0 Å². The molecular weight excluding hydrogens is 258 g/mol. The molecule has 0 saturated carbocycles. The highest BCUT2D eigenvalue weighted by atomic mass is 15.3. The van der Waals surface area contributed by atoms with E-state index in [0.29, 0.717) is 6.04 Å². The van der Waals surface area contributed by atoms with E-state index in [-0.39, 0.29) is 0 Å². The third-order valence-corrected chi connectivity index (χ3v) is 4.21. The van der Waals surface area contributed by atoms with Gasteiger partial charge < -0.3 is 5.32 Å². The maximum absolute atomic E-state index is 4.60. The van der Waals surface area contributed by atoms with Gasteiger partial charge in [-0.15, -0.1) is 0 Å². The lowest BCUT2D eigenvalue weighted by Gasteiger charge is -2.15. The molecule has 0 aliphatic carbocycles. The van der Waals surface area contributed by atoms with Gasteiger partial charge >= 0.3 is 0 Å². The average Bonchev–Trinajstić information content (AvgIpc) is 2.79. The summed E-state index contributed by atoms with van der Waals surface area (Å²) in [6.45, 7) is 12.6. The van der Waals surface area contributed by atoms with Crippen LogP contribution in [-0.2, 0) is 19.5 Å². The molecule has 0 fully saturated rings. The molecule has 0 aliphatic rings. The van der Waals surface area contributed by atoms with Gasteiger partial charge in [-0.3, -0.25) is 4.68 Å². The molecule has 21 heavy (non-hydrogen) atoms. The molecule has 0 radical (unpaired) electrons. The van der Waals surface area contributed by atoms with Crippen LogP contribution in [-0.4, -0.2) is 9.78 Å². The summed E-state index contributed by atoms with van der Waals surface area (Å²) in [7, 11) is 0. The zero-order valence-electron chi connectivity index (χ0n) is 13.9. The normalized spacial score (nSPS) is 12.6. The molecule has 3 heteroatoms.